The summed E-state index contributed by atoms with van der Waals surface area (Å²) < 4.78 is 33.3. The normalized spacial score (nSPS) is 19.8. The Morgan fingerprint density at radius 3 is 2.38 bits per heavy atom. The molecule has 0 fully saturated rings. The van der Waals surface area contributed by atoms with E-state index in [9.17, 15) is 13.5 Å². The molecule has 0 bridgehead atoms. The molecule has 0 aliphatic heterocycles. The first-order valence-corrected chi connectivity index (χ1v) is 10.2. The van der Waals surface area contributed by atoms with Crippen molar-refractivity contribution in [2.24, 2.45) is 0 Å². The van der Waals surface area contributed by atoms with Crippen LogP contribution >= 0.6 is 0 Å². The minimum atomic E-state index is -3.71. The van der Waals surface area contributed by atoms with E-state index in [-0.39, 0.29) is 11.4 Å². The Kier molecular flexibility index (Phi) is 5.10. The predicted octanol–water partition coefficient (Wildman–Crippen LogP) is 2.51. The highest BCUT2D eigenvalue weighted by atomic mass is 32.2. The molecule has 5 nitrogen and oxygen atoms in total. The Morgan fingerprint density at radius 2 is 1.77 bits per heavy atom. The summed E-state index contributed by atoms with van der Waals surface area (Å²) in [6.07, 6.45) is 1.73. The van der Waals surface area contributed by atoms with Gasteiger partial charge >= 0.3 is 0 Å². The van der Waals surface area contributed by atoms with E-state index < -0.39 is 15.6 Å². The highest BCUT2D eigenvalue weighted by molar-refractivity contribution is 7.89. The Hall–Kier alpha value is -1.89. The van der Waals surface area contributed by atoms with E-state index in [0.29, 0.717) is 18.6 Å². The van der Waals surface area contributed by atoms with E-state index in [1.165, 1.54) is 5.56 Å². The molecule has 1 atom stereocenters. The van der Waals surface area contributed by atoms with Gasteiger partial charge in [0, 0.05) is 13.0 Å². The molecule has 2 N–H and O–H groups in total. The molecule has 0 heterocycles. The average molecular weight is 375 g/mol. The van der Waals surface area contributed by atoms with Crippen molar-refractivity contribution in [1.29, 1.82) is 0 Å². The average Bonchev–Trinajstić information content (AvgIpc) is 2.60. The second-order valence-corrected chi connectivity index (χ2v) is 8.85. The van der Waals surface area contributed by atoms with Gasteiger partial charge in [0.2, 0.25) is 10.0 Å². The highest BCUT2D eigenvalue weighted by Crippen LogP contribution is 2.29. The topological polar surface area (TPSA) is 75.6 Å². The summed E-state index contributed by atoms with van der Waals surface area (Å²) in [5.74, 6) is 0.687. The lowest BCUT2D eigenvalue weighted by Gasteiger charge is -2.33. The molecule has 0 saturated carbocycles. The van der Waals surface area contributed by atoms with E-state index in [0.717, 1.165) is 23.1 Å². The van der Waals surface area contributed by atoms with Crippen molar-refractivity contribution in [1.82, 2.24) is 4.72 Å². The predicted molar refractivity (Wildman–Crippen MR) is 101 cm³/mol. The van der Waals surface area contributed by atoms with E-state index in [1.54, 1.807) is 19.2 Å². The number of aliphatic hydroxyl groups is 1. The molecule has 0 aromatic heterocycles. The van der Waals surface area contributed by atoms with Crippen molar-refractivity contribution in [2.45, 2.75) is 43.6 Å². The number of nitrogens with one attached hydrogen (secondary N) is 1. The van der Waals surface area contributed by atoms with Gasteiger partial charge < -0.3 is 9.84 Å². The number of aryl methyl sites for hydroxylation is 3. The summed E-state index contributed by atoms with van der Waals surface area (Å²) in [5, 5.41) is 10.9. The van der Waals surface area contributed by atoms with Crippen LogP contribution in [0.5, 0.6) is 5.75 Å². The van der Waals surface area contributed by atoms with Gasteiger partial charge in [-0.25, -0.2) is 13.1 Å². The molecule has 26 heavy (non-hydrogen) atoms. The molecule has 1 aliphatic carbocycles. The van der Waals surface area contributed by atoms with Gasteiger partial charge in [0.15, 0.2) is 0 Å². The summed E-state index contributed by atoms with van der Waals surface area (Å²) in [6.45, 7) is 3.63. The minimum absolute atomic E-state index is 0.00616. The van der Waals surface area contributed by atoms with Gasteiger partial charge in [-0.05, 0) is 61.1 Å². The third-order valence-electron chi connectivity index (χ3n) is 5.04. The summed E-state index contributed by atoms with van der Waals surface area (Å²) in [5.41, 5.74) is 2.76. The van der Waals surface area contributed by atoms with Crippen LogP contribution in [0.2, 0.25) is 0 Å². The smallest absolute Gasteiger partial charge is 0.240 e. The molecule has 0 amide bonds. The van der Waals surface area contributed by atoms with Crippen LogP contribution in [0.25, 0.3) is 0 Å². The van der Waals surface area contributed by atoms with Crippen LogP contribution in [0.4, 0.5) is 0 Å². The molecule has 0 spiro atoms. The second kappa shape index (κ2) is 7.02. The van der Waals surface area contributed by atoms with Crippen LogP contribution in [0.15, 0.2) is 41.3 Å². The molecule has 2 aromatic carbocycles. The molecule has 0 radical (unpaired) electrons. The SMILES string of the molecule is COc1c(C)cc(S(=O)(=O)NCC2(O)CCc3ccccc3C2)cc1C. The lowest BCUT2D eigenvalue weighted by Crippen LogP contribution is -2.46. The molecule has 6 heteroatoms. The third-order valence-corrected chi connectivity index (χ3v) is 6.42. The van der Waals surface area contributed by atoms with Gasteiger partial charge in [-0.2, -0.15) is 0 Å². The maximum Gasteiger partial charge on any atom is 0.240 e. The molecule has 140 valence electrons. The van der Waals surface area contributed by atoms with Gasteiger partial charge in [-0.1, -0.05) is 24.3 Å². The molecule has 1 aliphatic rings. The van der Waals surface area contributed by atoms with Gasteiger partial charge in [0.1, 0.15) is 5.75 Å². The maximum atomic E-state index is 12.7. The van der Waals surface area contributed by atoms with Crippen LogP contribution in [-0.4, -0.2) is 32.8 Å². The number of benzene rings is 2. The van der Waals surface area contributed by atoms with Crippen molar-refractivity contribution in [3.8, 4) is 5.75 Å². The lowest BCUT2D eigenvalue weighted by molar-refractivity contribution is 0.0317. The molecule has 2 aromatic rings. The van der Waals surface area contributed by atoms with Gasteiger partial charge in [0.05, 0.1) is 17.6 Å². The number of sulfonamides is 1. The zero-order chi connectivity index (χ0) is 18.9. The first kappa shape index (κ1) is 18.9. The number of methoxy groups -OCH3 is 1. The Bertz CT molecular complexity index is 900. The van der Waals surface area contributed by atoms with Crippen molar-refractivity contribution < 1.29 is 18.3 Å². The second-order valence-electron chi connectivity index (χ2n) is 7.08. The molecular weight excluding hydrogens is 350 g/mol. The number of hydrogen-bond acceptors (Lipinski definition) is 4. The largest absolute Gasteiger partial charge is 0.496 e. The van der Waals surface area contributed by atoms with Crippen molar-refractivity contribution in [3.05, 3.63) is 58.7 Å². The fraction of sp³-hybridized carbons (Fsp3) is 0.400. The van der Waals surface area contributed by atoms with Crippen molar-refractivity contribution in [2.75, 3.05) is 13.7 Å². The van der Waals surface area contributed by atoms with Crippen molar-refractivity contribution >= 4 is 10.0 Å². The number of ether oxygens (including phenoxy) is 1. The van der Waals surface area contributed by atoms with Crippen LogP contribution in [0.1, 0.15) is 28.7 Å². The Morgan fingerprint density at radius 1 is 1.15 bits per heavy atom. The van der Waals surface area contributed by atoms with Gasteiger partial charge in [-0.15, -0.1) is 0 Å². The summed E-state index contributed by atoms with van der Waals surface area (Å²) >= 11 is 0. The highest BCUT2D eigenvalue weighted by Gasteiger charge is 2.33. The van der Waals surface area contributed by atoms with Gasteiger partial charge in [0.25, 0.3) is 0 Å². The molecule has 0 saturated heterocycles. The van der Waals surface area contributed by atoms with E-state index >= 15 is 0 Å². The number of fused-ring (bicyclic) bond motifs is 1. The quantitative estimate of drug-likeness (QED) is 0.842. The monoisotopic (exact) mass is 375 g/mol. The Labute approximate surface area is 155 Å². The summed E-state index contributed by atoms with van der Waals surface area (Å²) in [4.78, 5) is 0.188. The minimum Gasteiger partial charge on any atom is -0.496 e. The summed E-state index contributed by atoms with van der Waals surface area (Å²) in [7, 11) is -2.14. The lowest BCUT2D eigenvalue weighted by atomic mass is 9.80. The standard InChI is InChI=1S/C20H25NO4S/c1-14-10-18(11-15(2)19(14)25-3)26(23,24)21-13-20(22)9-8-16-6-4-5-7-17(16)12-20/h4-7,10-11,21-22H,8-9,12-13H2,1-3H3. The molecular formula is C20H25NO4S. The van der Waals surface area contributed by atoms with E-state index in [4.69, 9.17) is 4.74 Å². The van der Waals surface area contributed by atoms with Crippen LogP contribution in [-0.2, 0) is 22.9 Å². The van der Waals surface area contributed by atoms with E-state index in [2.05, 4.69) is 10.8 Å². The maximum absolute atomic E-state index is 12.7. The van der Waals surface area contributed by atoms with Gasteiger partial charge in [-0.3, -0.25) is 0 Å². The van der Waals surface area contributed by atoms with Crippen LogP contribution in [0.3, 0.4) is 0 Å². The Balaban J connectivity index is 1.77. The third kappa shape index (κ3) is 3.77. The zero-order valence-corrected chi connectivity index (χ0v) is 16.2. The zero-order valence-electron chi connectivity index (χ0n) is 15.4. The number of hydrogen-bond donors (Lipinski definition) is 2. The summed E-state index contributed by atoms with van der Waals surface area (Å²) in [6, 6.07) is 11.2. The van der Waals surface area contributed by atoms with Crippen LogP contribution in [0, 0.1) is 13.8 Å². The molecule has 3 rings (SSSR count). The van der Waals surface area contributed by atoms with Crippen molar-refractivity contribution in [3.63, 3.8) is 0 Å². The first-order valence-electron chi connectivity index (χ1n) is 8.68. The van der Waals surface area contributed by atoms with E-state index in [1.807, 2.05) is 32.0 Å². The molecule has 1 unspecified atom stereocenters. The first-order chi connectivity index (χ1) is 12.2. The fourth-order valence-corrected chi connectivity index (χ4v) is 4.92. The number of rotatable bonds is 5. The fourth-order valence-electron chi connectivity index (χ4n) is 3.64. The van der Waals surface area contributed by atoms with Crippen LogP contribution < -0.4 is 9.46 Å².